The van der Waals surface area contributed by atoms with Crippen LogP contribution in [0.1, 0.15) is 59.7 Å². The highest BCUT2D eigenvalue weighted by Crippen LogP contribution is 2.29. The van der Waals surface area contributed by atoms with Gasteiger partial charge in [0.05, 0.1) is 17.7 Å². The predicted molar refractivity (Wildman–Crippen MR) is 193 cm³/mol. The van der Waals surface area contributed by atoms with Crippen LogP contribution in [0.2, 0.25) is 0 Å². The van der Waals surface area contributed by atoms with Gasteiger partial charge in [-0.2, -0.15) is 0 Å². The molecule has 1 aromatic heterocycles. The van der Waals surface area contributed by atoms with Crippen molar-refractivity contribution in [1.82, 2.24) is 20.9 Å². The molecule has 6 N–H and O–H groups in total. The van der Waals surface area contributed by atoms with Crippen molar-refractivity contribution in [3.63, 3.8) is 0 Å². The Morgan fingerprint density at radius 3 is 2.52 bits per heavy atom. The Morgan fingerprint density at radius 2 is 1.72 bits per heavy atom. The molecule has 1 amide bonds. The normalized spacial score (nSPS) is 17.2. The summed E-state index contributed by atoms with van der Waals surface area (Å²) in [5.74, 6) is 0.993. The number of aliphatic hydroxyl groups excluding tert-OH is 1. The largest absolute Gasteiger partial charge is 0.506 e. The van der Waals surface area contributed by atoms with Gasteiger partial charge in [0.15, 0.2) is 0 Å². The van der Waals surface area contributed by atoms with Gasteiger partial charge in [-0.15, -0.1) is 0 Å². The minimum absolute atomic E-state index is 0.0402. The van der Waals surface area contributed by atoms with Gasteiger partial charge in [0, 0.05) is 31.1 Å². The van der Waals surface area contributed by atoms with Crippen LogP contribution in [0.4, 0.5) is 4.79 Å². The van der Waals surface area contributed by atoms with Crippen molar-refractivity contribution in [3.05, 3.63) is 141 Å². The van der Waals surface area contributed by atoms with Gasteiger partial charge in [0.1, 0.15) is 24.2 Å². The Morgan fingerprint density at radius 1 is 0.940 bits per heavy atom. The maximum atomic E-state index is 13.2. The first-order valence-corrected chi connectivity index (χ1v) is 17.1. The molecule has 0 radical (unpaired) electrons. The molecule has 1 aliphatic heterocycles. The van der Waals surface area contributed by atoms with Crippen molar-refractivity contribution in [2.75, 3.05) is 19.6 Å². The monoisotopic (exact) mass is 676 g/mol. The van der Waals surface area contributed by atoms with Gasteiger partial charge >= 0.3 is 6.09 Å². The predicted octanol–water partition coefficient (Wildman–Crippen LogP) is 5.84. The number of H-pyrrole nitrogens is 1. The molecule has 0 spiro atoms. The van der Waals surface area contributed by atoms with Crippen molar-refractivity contribution in [1.29, 1.82) is 0 Å². The van der Waals surface area contributed by atoms with E-state index in [1.807, 2.05) is 78.9 Å². The van der Waals surface area contributed by atoms with Crippen molar-refractivity contribution >= 4 is 17.0 Å². The molecule has 0 saturated carbocycles. The zero-order valence-electron chi connectivity index (χ0n) is 28.1. The summed E-state index contributed by atoms with van der Waals surface area (Å²) in [6.45, 7) is 4.93. The lowest BCUT2D eigenvalue weighted by atomic mass is 9.92. The van der Waals surface area contributed by atoms with Crippen molar-refractivity contribution in [2.45, 2.75) is 51.2 Å². The first kappa shape index (κ1) is 34.7. The number of piperidine rings is 1. The van der Waals surface area contributed by atoms with Crippen LogP contribution in [-0.2, 0) is 17.9 Å². The quantitative estimate of drug-likeness (QED) is 0.0913. The summed E-state index contributed by atoms with van der Waals surface area (Å²) in [5, 5.41) is 31.3. The molecule has 1 saturated heterocycles. The number of aliphatic hydroxyl groups is 1. The smallest absolute Gasteiger partial charge is 0.408 e. The average molecular weight is 677 g/mol. The minimum atomic E-state index is -0.836. The highest BCUT2D eigenvalue weighted by Gasteiger charge is 2.28. The molecule has 10 heteroatoms. The van der Waals surface area contributed by atoms with E-state index in [1.54, 1.807) is 12.1 Å². The zero-order chi connectivity index (χ0) is 34.9. The first-order valence-electron chi connectivity index (χ1n) is 17.1. The fraction of sp³-hybridized carbons (Fsp3) is 0.300. The third kappa shape index (κ3) is 8.70. The van der Waals surface area contributed by atoms with Crippen LogP contribution in [0.3, 0.4) is 0 Å². The van der Waals surface area contributed by atoms with Gasteiger partial charge in [-0.3, -0.25) is 4.79 Å². The summed E-state index contributed by atoms with van der Waals surface area (Å²) in [7, 11) is 0. The van der Waals surface area contributed by atoms with Crippen LogP contribution in [0.15, 0.2) is 108 Å². The number of hydrogen-bond acceptors (Lipinski definition) is 8. The molecule has 5 aromatic rings. The maximum absolute atomic E-state index is 13.2. The number of phenolic OH excluding ortho intramolecular Hbond substituents is 1. The van der Waals surface area contributed by atoms with Crippen LogP contribution < -0.4 is 26.2 Å². The standard InChI is InChI=1S/C40H44N4O6/c1-2-28-19-20-41-24-36(28)50-40(48)44-38(29-7-4-3-5-8-29)30-9-6-10-31(21-30)49-25-27-13-11-26(12-14-27)22-42-23-35(46)32-15-17-34(45)39-33(32)16-18-37(47)43-39/h3-18,21,28,35-36,38,41-42,45-46H,2,19-20,22-25H2,1H3,(H,43,47)(H,44,48)/t28?,35?,36-,38?/m0/s1. The van der Waals surface area contributed by atoms with Crippen LogP contribution in [-0.4, -0.2) is 47.0 Å². The lowest BCUT2D eigenvalue weighted by Crippen LogP contribution is -2.45. The molecule has 0 aliphatic carbocycles. The second-order valence-corrected chi connectivity index (χ2v) is 12.7. The molecule has 6 rings (SSSR count). The Hall–Kier alpha value is -5.16. The van der Waals surface area contributed by atoms with E-state index >= 15 is 0 Å². The summed E-state index contributed by atoms with van der Waals surface area (Å²) in [4.78, 5) is 27.5. The summed E-state index contributed by atoms with van der Waals surface area (Å²) >= 11 is 0. The highest BCUT2D eigenvalue weighted by atomic mass is 16.6. The average Bonchev–Trinajstić information content (AvgIpc) is 3.14. The van der Waals surface area contributed by atoms with Crippen LogP contribution >= 0.6 is 0 Å². The molecule has 4 aromatic carbocycles. The highest BCUT2D eigenvalue weighted by molar-refractivity contribution is 5.87. The van der Waals surface area contributed by atoms with Crippen LogP contribution in [0.5, 0.6) is 11.5 Å². The molecular weight excluding hydrogens is 632 g/mol. The Labute approximate surface area is 291 Å². The number of aromatic nitrogens is 1. The molecular formula is C40H44N4O6. The van der Waals surface area contributed by atoms with Crippen molar-refractivity contribution < 1.29 is 24.5 Å². The third-order valence-electron chi connectivity index (χ3n) is 9.29. The van der Waals surface area contributed by atoms with Gasteiger partial charge in [-0.05, 0) is 77.4 Å². The van der Waals surface area contributed by atoms with Crippen molar-refractivity contribution in [2.24, 2.45) is 5.92 Å². The third-order valence-corrected chi connectivity index (χ3v) is 9.29. The number of carbonyl (C=O) groups excluding carboxylic acids is 1. The number of carbonyl (C=O) groups is 1. The van der Waals surface area contributed by atoms with E-state index in [0.717, 1.165) is 41.6 Å². The summed E-state index contributed by atoms with van der Waals surface area (Å²) in [6.07, 6.45) is 0.528. The molecule has 260 valence electrons. The number of ether oxygens (including phenoxy) is 2. The van der Waals surface area contributed by atoms with E-state index < -0.39 is 18.2 Å². The Bertz CT molecular complexity index is 1930. The second-order valence-electron chi connectivity index (χ2n) is 12.7. The molecule has 2 heterocycles. The van der Waals surface area contributed by atoms with Gasteiger partial charge in [-0.25, -0.2) is 4.79 Å². The fourth-order valence-corrected chi connectivity index (χ4v) is 6.50. The number of aromatic amines is 1. The van der Waals surface area contributed by atoms with E-state index in [4.69, 9.17) is 9.47 Å². The summed E-state index contributed by atoms with van der Waals surface area (Å²) in [5.41, 5.74) is 4.48. The van der Waals surface area contributed by atoms with E-state index in [1.165, 1.54) is 12.1 Å². The van der Waals surface area contributed by atoms with Gasteiger partial charge < -0.3 is 40.6 Å². The minimum Gasteiger partial charge on any atom is -0.506 e. The maximum Gasteiger partial charge on any atom is 0.408 e. The van der Waals surface area contributed by atoms with Gasteiger partial charge in [0.25, 0.3) is 0 Å². The van der Waals surface area contributed by atoms with Gasteiger partial charge in [-0.1, -0.05) is 79.7 Å². The Kier molecular flexibility index (Phi) is 11.4. The Balaban J connectivity index is 1.04. The number of pyridine rings is 1. The number of aromatic hydroxyl groups is 1. The van der Waals surface area contributed by atoms with Crippen molar-refractivity contribution in [3.8, 4) is 11.5 Å². The number of phenols is 1. The number of alkyl carbamates (subject to hydrolysis) is 1. The number of fused-ring (bicyclic) bond motifs is 1. The number of rotatable bonds is 13. The summed E-state index contributed by atoms with van der Waals surface area (Å²) < 4.78 is 12.1. The number of benzene rings is 4. The zero-order valence-corrected chi connectivity index (χ0v) is 28.1. The van der Waals surface area contributed by atoms with Crippen LogP contribution in [0, 0.1) is 5.92 Å². The molecule has 1 aliphatic rings. The molecule has 10 nitrogen and oxygen atoms in total. The number of amides is 1. The lowest BCUT2D eigenvalue weighted by Gasteiger charge is -2.31. The molecule has 1 fully saturated rings. The van der Waals surface area contributed by atoms with E-state index in [9.17, 15) is 19.8 Å². The molecule has 4 atom stereocenters. The topological polar surface area (TPSA) is 145 Å². The molecule has 3 unspecified atom stereocenters. The first-order chi connectivity index (χ1) is 24.4. The van der Waals surface area contributed by atoms with Gasteiger partial charge in [0.2, 0.25) is 5.56 Å². The van der Waals surface area contributed by atoms with Crippen LogP contribution in [0.25, 0.3) is 10.9 Å². The van der Waals surface area contributed by atoms with E-state index in [2.05, 4.69) is 27.9 Å². The number of nitrogens with one attached hydrogen (secondary N) is 4. The lowest BCUT2D eigenvalue weighted by molar-refractivity contribution is 0.0434. The summed E-state index contributed by atoms with van der Waals surface area (Å²) in [6, 6.07) is 31.4. The molecule has 0 bridgehead atoms. The molecule has 50 heavy (non-hydrogen) atoms. The SMILES string of the molecule is CCC1CCNC[C@@H]1OC(=O)NC(c1ccccc1)c1cccc(OCc2ccc(CNCC(O)c3ccc(O)c4[nH]c(=O)ccc34)cc2)c1. The van der Waals surface area contributed by atoms with E-state index in [0.29, 0.717) is 47.8 Å². The second kappa shape index (κ2) is 16.5. The fourth-order valence-electron chi connectivity index (χ4n) is 6.50. The van der Waals surface area contributed by atoms with E-state index in [-0.39, 0.29) is 24.0 Å². The number of hydrogen-bond donors (Lipinski definition) is 6.